The molecule has 1 fully saturated rings. The van der Waals surface area contributed by atoms with Crippen molar-refractivity contribution in [2.24, 2.45) is 0 Å². The molecule has 2 aromatic carbocycles. The van der Waals surface area contributed by atoms with Gasteiger partial charge in [-0.05, 0) is 73.9 Å². The molecule has 1 aromatic heterocycles. The summed E-state index contributed by atoms with van der Waals surface area (Å²) >= 11 is 22.4. The van der Waals surface area contributed by atoms with Crippen LogP contribution in [0.4, 0.5) is 0 Å². The number of ether oxygens (including phenoxy) is 1. The summed E-state index contributed by atoms with van der Waals surface area (Å²) < 4.78 is 8.03. The maximum absolute atomic E-state index is 13.4. The first kappa shape index (κ1) is 25.5. The lowest BCUT2D eigenvalue weighted by Crippen LogP contribution is -2.19. The van der Waals surface area contributed by atoms with Gasteiger partial charge in [-0.15, -0.1) is 0 Å². The average molecular weight is 584 g/mol. The van der Waals surface area contributed by atoms with Crippen LogP contribution in [0.1, 0.15) is 53.9 Å². The van der Waals surface area contributed by atoms with E-state index in [1.165, 1.54) is 0 Å². The van der Waals surface area contributed by atoms with Gasteiger partial charge in [0.25, 0.3) is 0 Å². The van der Waals surface area contributed by atoms with Gasteiger partial charge in [-0.3, -0.25) is 4.90 Å². The summed E-state index contributed by atoms with van der Waals surface area (Å²) in [6.45, 7) is 6.89. The Kier molecular flexibility index (Phi) is 7.89. The van der Waals surface area contributed by atoms with Gasteiger partial charge in [0.1, 0.15) is 5.75 Å². The van der Waals surface area contributed by atoms with E-state index in [1.807, 2.05) is 17.6 Å². The quantitative estimate of drug-likeness (QED) is 0.185. The number of hydrogen-bond donors (Lipinski definition) is 1. The Labute approximate surface area is 222 Å². The molecule has 9 heteroatoms. The van der Waals surface area contributed by atoms with Gasteiger partial charge in [0, 0.05) is 29.6 Å². The number of nitrogens with zero attached hydrogens (tertiary/aromatic N) is 2. The first-order valence-electron chi connectivity index (χ1n) is 11.2. The molecular weight excluding hydrogens is 559 g/mol. The monoisotopic (exact) mass is 582 g/mol. The van der Waals surface area contributed by atoms with Gasteiger partial charge in [-0.1, -0.05) is 41.5 Å². The number of aromatic nitrogens is 1. The summed E-state index contributed by atoms with van der Waals surface area (Å²) in [6.07, 6.45) is 2.22. The van der Waals surface area contributed by atoms with Crippen LogP contribution < -0.4 is 0 Å². The number of likely N-dealkylation sites (tertiary alicyclic amines) is 1. The van der Waals surface area contributed by atoms with Crippen molar-refractivity contribution in [3.05, 3.63) is 61.2 Å². The molecule has 0 bridgehead atoms. The first-order valence-corrected chi connectivity index (χ1v) is 13.2. The van der Waals surface area contributed by atoms with E-state index in [-0.39, 0.29) is 12.4 Å². The molecule has 34 heavy (non-hydrogen) atoms. The molecule has 0 amide bonds. The fourth-order valence-corrected chi connectivity index (χ4v) is 6.25. The maximum atomic E-state index is 13.4. The van der Waals surface area contributed by atoms with Crippen LogP contribution in [0.5, 0.6) is 5.75 Å². The third-order valence-corrected chi connectivity index (χ3v) is 7.79. The highest BCUT2D eigenvalue weighted by atomic mass is 79.9. The number of fused-ring (bicyclic) bond motifs is 1. The zero-order valence-electron chi connectivity index (χ0n) is 19.0. The van der Waals surface area contributed by atoms with Crippen molar-refractivity contribution in [1.29, 1.82) is 0 Å². The molecular formula is C25H25BrCl2N2O3S. The van der Waals surface area contributed by atoms with E-state index in [1.54, 1.807) is 25.1 Å². The van der Waals surface area contributed by atoms with Crippen molar-refractivity contribution in [3.63, 3.8) is 0 Å². The van der Waals surface area contributed by atoms with Crippen LogP contribution in [-0.2, 0) is 17.8 Å². The molecule has 1 aliphatic rings. The van der Waals surface area contributed by atoms with Crippen LogP contribution in [0.3, 0.4) is 0 Å². The standard InChI is InChI=1S/C25H25BrCl2N2O3S/c1-3-30-18-12-15(26)23(31)14(13-29-10-5-6-11-29)19(18)21(25(32)33-4-2)22(30)24(34)20-16(27)8-7-9-17(20)28/h7-9,12,31H,3-6,10-11,13H2,1-2H3. The molecule has 0 saturated carbocycles. The Morgan fingerprint density at radius 3 is 2.41 bits per heavy atom. The van der Waals surface area contributed by atoms with E-state index in [0.717, 1.165) is 31.4 Å². The third kappa shape index (κ3) is 4.49. The number of halogens is 3. The predicted molar refractivity (Wildman–Crippen MR) is 145 cm³/mol. The third-order valence-electron chi connectivity index (χ3n) is 6.16. The molecule has 5 nitrogen and oxygen atoms in total. The molecule has 1 saturated heterocycles. The van der Waals surface area contributed by atoms with Crippen LogP contribution in [0.2, 0.25) is 10.0 Å². The van der Waals surface area contributed by atoms with Crippen LogP contribution in [0.25, 0.3) is 10.9 Å². The van der Waals surface area contributed by atoms with Gasteiger partial charge in [-0.25, -0.2) is 4.79 Å². The summed E-state index contributed by atoms with van der Waals surface area (Å²) in [4.78, 5) is 16.1. The summed E-state index contributed by atoms with van der Waals surface area (Å²) in [7, 11) is 0. The molecule has 0 unspecified atom stereocenters. The van der Waals surface area contributed by atoms with Crippen molar-refractivity contribution in [2.75, 3.05) is 19.7 Å². The molecule has 0 atom stereocenters. The van der Waals surface area contributed by atoms with E-state index in [0.29, 0.717) is 60.2 Å². The number of aromatic hydroxyl groups is 1. The molecule has 3 aromatic rings. The highest BCUT2D eigenvalue weighted by molar-refractivity contribution is 9.10. The van der Waals surface area contributed by atoms with Crippen LogP contribution >= 0.6 is 51.3 Å². The number of phenols is 1. The molecule has 180 valence electrons. The lowest BCUT2D eigenvalue weighted by atomic mass is 10.00. The van der Waals surface area contributed by atoms with Crippen LogP contribution in [-0.4, -0.2) is 45.1 Å². The zero-order chi connectivity index (χ0) is 24.6. The fraction of sp³-hybridized carbons (Fsp3) is 0.360. The second-order valence-corrected chi connectivity index (χ2v) is 10.3. The number of benzene rings is 2. The van der Waals surface area contributed by atoms with E-state index < -0.39 is 5.97 Å². The SMILES string of the molecule is CCOC(=O)c1c(C(=S)c2c(Cl)cccc2Cl)n(CC)c2cc(Br)c(O)c(CN3CCCC3)c12. The smallest absolute Gasteiger partial charge is 0.341 e. The van der Waals surface area contributed by atoms with Crippen molar-refractivity contribution >= 4 is 73.1 Å². The van der Waals surface area contributed by atoms with E-state index in [4.69, 9.17) is 40.2 Å². The number of phenolic OH excluding ortho intramolecular Hbond substituents is 1. The Morgan fingerprint density at radius 1 is 1.18 bits per heavy atom. The Hall–Kier alpha value is -1.64. The molecule has 4 rings (SSSR count). The van der Waals surface area contributed by atoms with Crippen LogP contribution in [0.15, 0.2) is 28.7 Å². The Balaban J connectivity index is 2.08. The number of thiocarbonyl (C=S) groups is 1. The first-order chi connectivity index (χ1) is 16.3. The minimum absolute atomic E-state index is 0.117. The van der Waals surface area contributed by atoms with Crippen molar-refractivity contribution in [1.82, 2.24) is 9.47 Å². The number of hydrogen-bond acceptors (Lipinski definition) is 5. The Bertz CT molecular complexity index is 1270. The van der Waals surface area contributed by atoms with Gasteiger partial charge in [0.15, 0.2) is 0 Å². The molecule has 0 aliphatic carbocycles. The van der Waals surface area contributed by atoms with Crippen molar-refractivity contribution in [3.8, 4) is 5.75 Å². The number of rotatable bonds is 7. The highest BCUT2D eigenvalue weighted by Gasteiger charge is 2.32. The fourth-order valence-electron chi connectivity index (χ4n) is 4.66. The summed E-state index contributed by atoms with van der Waals surface area (Å²) in [5.74, 6) is -0.379. The lowest BCUT2D eigenvalue weighted by molar-refractivity contribution is 0.0528. The van der Waals surface area contributed by atoms with E-state index >= 15 is 0 Å². The molecule has 0 spiro atoms. The number of carbonyl (C=O) groups is 1. The number of carbonyl (C=O) groups excluding carboxylic acids is 1. The molecule has 2 heterocycles. The molecule has 1 aliphatic heterocycles. The van der Waals surface area contributed by atoms with Crippen molar-refractivity contribution < 1.29 is 14.6 Å². The van der Waals surface area contributed by atoms with E-state index in [9.17, 15) is 9.90 Å². The Morgan fingerprint density at radius 2 is 1.82 bits per heavy atom. The van der Waals surface area contributed by atoms with Crippen LogP contribution in [0, 0.1) is 0 Å². The maximum Gasteiger partial charge on any atom is 0.341 e. The highest BCUT2D eigenvalue weighted by Crippen LogP contribution is 2.42. The minimum atomic E-state index is -0.496. The van der Waals surface area contributed by atoms with Gasteiger partial charge in [0.2, 0.25) is 0 Å². The second kappa shape index (κ2) is 10.5. The van der Waals surface area contributed by atoms with Crippen molar-refractivity contribution in [2.45, 2.75) is 39.8 Å². The molecule has 0 radical (unpaired) electrons. The predicted octanol–water partition coefficient (Wildman–Crippen LogP) is 6.97. The minimum Gasteiger partial charge on any atom is -0.506 e. The summed E-state index contributed by atoms with van der Waals surface area (Å²) in [6, 6.07) is 7.02. The van der Waals surface area contributed by atoms with E-state index in [2.05, 4.69) is 20.8 Å². The summed E-state index contributed by atoms with van der Waals surface area (Å²) in [5, 5.41) is 12.6. The second-order valence-electron chi connectivity index (χ2n) is 8.18. The average Bonchev–Trinajstić information content (AvgIpc) is 3.42. The zero-order valence-corrected chi connectivity index (χ0v) is 22.9. The lowest BCUT2D eigenvalue weighted by Gasteiger charge is -2.18. The van der Waals surface area contributed by atoms with Gasteiger partial charge >= 0.3 is 5.97 Å². The van der Waals surface area contributed by atoms with Gasteiger partial charge in [0.05, 0.1) is 42.8 Å². The summed E-state index contributed by atoms with van der Waals surface area (Å²) in [5.41, 5.74) is 2.80. The normalized spacial score (nSPS) is 14.1. The largest absolute Gasteiger partial charge is 0.506 e. The molecule has 1 N–H and O–H groups in total. The number of esters is 1. The topological polar surface area (TPSA) is 54.7 Å². The number of aryl methyl sites for hydroxylation is 1. The van der Waals surface area contributed by atoms with Gasteiger partial charge < -0.3 is 14.4 Å². The van der Waals surface area contributed by atoms with Gasteiger partial charge in [-0.2, -0.15) is 0 Å².